The van der Waals surface area contributed by atoms with Gasteiger partial charge in [0.2, 0.25) is 0 Å². The van der Waals surface area contributed by atoms with E-state index in [1.807, 2.05) is 6.92 Å². The molecule has 0 unspecified atom stereocenters. The monoisotopic (exact) mass is 259 g/mol. The van der Waals surface area contributed by atoms with Crippen molar-refractivity contribution in [3.63, 3.8) is 0 Å². The van der Waals surface area contributed by atoms with E-state index in [4.69, 9.17) is 5.11 Å². The first kappa shape index (κ1) is 14.2. The summed E-state index contributed by atoms with van der Waals surface area (Å²) in [5.41, 5.74) is -0.752. The molecule has 3 nitrogen and oxygen atoms in total. The molecule has 1 aromatic rings. The van der Waals surface area contributed by atoms with Crippen molar-refractivity contribution in [1.82, 2.24) is 0 Å². The molecule has 6 heteroatoms. The van der Waals surface area contributed by atoms with Crippen LogP contribution < -0.4 is 0 Å². The molecule has 0 saturated heterocycles. The molecule has 0 atom stereocenters. The van der Waals surface area contributed by atoms with Gasteiger partial charge in [-0.25, -0.2) is 4.79 Å². The number of aliphatic imine (C=N–C) groups is 1. The molecule has 1 aromatic carbocycles. The van der Waals surface area contributed by atoms with Crippen molar-refractivity contribution in [2.24, 2.45) is 4.99 Å². The van der Waals surface area contributed by atoms with Gasteiger partial charge in [0.1, 0.15) is 0 Å². The Kier molecular flexibility index (Phi) is 4.11. The van der Waals surface area contributed by atoms with Gasteiger partial charge in [0, 0.05) is 5.71 Å². The molecule has 0 saturated carbocycles. The molecule has 0 aliphatic rings. The van der Waals surface area contributed by atoms with E-state index < -0.39 is 23.3 Å². The lowest BCUT2D eigenvalue weighted by molar-refractivity contribution is -0.137. The van der Waals surface area contributed by atoms with Gasteiger partial charge in [0.15, 0.2) is 0 Å². The number of aromatic carboxylic acids is 1. The van der Waals surface area contributed by atoms with Crippen LogP contribution in [0.25, 0.3) is 0 Å². The summed E-state index contributed by atoms with van der Waals surface area (Å²) >= 11 is 0. The number of halogens is 3. The Balaban J connectivity index is 3.34. The summed E-state index contributed by atoms with van der Waals surface area (Å²) in [6.07, 6.45) is -3.97. The minimum atomic E-state index is -4.56. The number of rotatable bonds is 3. The van der Waals surface area contributed by atoms with Gasteiger partial charge in [-0.2, -0.15) is 13.2 Å². The van der Waals surface area contributed by atoms with Crippen LogP contribution in [0, 0.1) is 0 Å². The molecular weight excluding hydrogens is 247 g/mol. The maximum Gasteiger partial charge on any atom is 0.416 e. The van der Waals surface area contributed by atoms with Gasteiger partial charge >= 0.3 is 12.1 Å². The molecule has 1 N–H and O–H groups in total. The lowest BCUT2D eigenvalue weighted by atomic mass is 10.1. The Bertz CT molecular complexity index is 493. The molecule has 0 radical (unpaired) electrons. The van der Waals surface area contributed by atoms with E-state index in [1.165, 1.54) is 0 Å². The number of carbonyl (C=O) groups is 1. The Morgan fingerprint density at radius 3 is 2.44 bits per heavy atom. The fourth-order valence-corrected chi connectivity index (χ4v) is 1.27. The summed E-state index contributed by atoms with van der Waals surface area (Å²) in [6.45, 7) is 3.51. The van der Waals surface area contributed by atoms with Crippen molar-refractivity contribution >= 4 is 17.4 Å². The van der Waals surface area contributed by atoms with E-state index in [9.17, 15) is 18.0 Å². The van der Waals surface area contributed by atoms with Crippen molar-refractivity contribution in [1.29, 1.82) is 0 Å². The second-order valence-electron chi connectivity index (χ2n) is 3.74. The van der Waals surface area contributed by atoms with Gasteiger partial charge in [-0.05, 0) is 31.5 Å². The predicted octanol–water partition coefficient (Wildman–Crippen LogP) is 3.91. The van der Waals surface area contributed by atoms with Crippen LogP contribution in [0.15, 0.2) is 23.2 Å². The molecular formula is C12H12F3NO2. The zero-order chi connectivity index (χ0) is 13.9. The second-order valence-corrected chi connectivity index (χ2v) is 3.74. The van der Waals surface area contributed by atoms with E-state index in [1.54, 1.807) is 6.92 Å². The fourth-order valence-electron chi connectivity index (χ4n) is 1.27. The molecule has 0 heterocycles. The minimum Gasteiger partial charge on any atom is -0.478 e. The van der Waals surface area contributed by atoms with Gasteiger partial charge in [0.05, 0.1) is 16.8 Å². The summed E-state index contributed by atoms with van der Waals surface area (Å²) < 4.78 is 37.4. The number of carboxylic acid groups (broad SMARTS) is 1. The molecule has 0 fully saturated rings. The van der Waals surface area contributed by atoms with Crippen molar-refractivity contribution in [2.75, 3.05) is 0 Å². The van der Waals surface area contributed by atoms with Gasteiger partial charge in [-0.1, -0.05) is 6.92 Å². The fraction of sp³-hybridized carbons (Fsp3) is 0.333. The van der Waals surface area contributed by atoms with E-state index in [-0.39, 0.29) is 5.69 Å². The number of hydrogen-bond donors (Lipinski definition) is 1. The van der Waals surface area contributed by atoms with Crippen molar-refractivity contribution < 1.29 is 23.1 Å². The lowest BCUT2D eigenvalue weighted by Crippen LogP contribution is -2.07. The molecule has 0 aliphatic heterocycles. The maximum atomic E-state index is 12.5. The first-order valence-corrected chi connectivity index (χ1v) is 5.24. The highest BCUT2D eigenvalue weighted by Crippen LogP contribution is 2.32. The number of nitrogens with zero attached hydrogens (tertiary/aromatic N) is 1. The number of hydrogen-bond acceptors (Lipinski definition) is 2. The Hall–Kier alpha value is -1.85. The smallest absolute Gasteiger partial charge is 0.416 e. The van der Waals surface area contributed by atoms with E-state index in [0.717, 1.165) is 12.1 Å². The van der Waals surface area contributed by atoms with Crippen LogP contribution in [0.3, 0.4) is 0 Å². The van der Waals surface area contributed by atoms with Crippen LogP contribution in [0.2, 0.25) is 0 Å². The largest absolute Gasteiger partial charge is 0.478 e. The summed E-state index contributed by atoms with van der Waals surface area (Å²) in [6, 6.07) is 2.50. The van der Waals surface area contributed by atoms with Gasteiger partial charge in [-0.3, -0.25) is 4.99 Å². The SMILES string of the molecule is CCC(C)=Nc1ccc(C(F)(F)F)cc1C(=O)O. The summed E-state index contributed by atoms with van der Waals surface area (Å²) in [5.74, 6) is -1.43. The number of alkyl halides is 3. The summed E-state index contributed by atoms with van der Waals surface area (Å²) in [7, 11) is 0. The zero-order valence-corrected chi connectivity index (χ0v) is 9.88. The molecule has 98 valence electrons. The van der Waals surface area contributed by atoms with E-state index in [0.29, 0.717) is 18.2 Å². The van der Waals surface area contributed by atoms with Crippen LogP contribution in [0.1, 0.15) is 36.2 Å². The molecule has 18 heavy (non-hydrogen) atoms. The quantitative estimate of drug-likeness (QED) is 0.837. The zero-order valence-electron chi connectivity index (χ0n) is 9.88. The summed E-state index contributed by atoms with van der Waals surface area (Å²) in [5, 5.41) is 8.90. The van der Waals surface area contributed by atoms with Gasteiger partial charge < -0.3 is 5.11 Å². The van der Waals surface area contributed by atoms with Crippen molar-refractivity contribution in [2.45, 2.75) is 26.4 Å². The number of carboxylic acids is 1. The molecule has 1 rings (SSSR count). The van der Waals surface area contributed by atoms with Crippen molar-refractivity contribution in [3.8, 4) is 0 Å². The molecule has 0 bridgehead atoms. The molecule has 0 amide bonds. The highest BCUT2D eigenvalue weighted by atomic mass is 19.4. The normalized spacial score (nSPS) is 12.6. The third kappa shape index (κ3) is 3.32. The molecule has 0 aromatic heterocycles. The second kappa shape index (κ2) is 5.20. The number of benzene rings is 1. The van der Waals surface area contributed by atoms with Crippen LogP contribution >= 0.6 is 0 Å². The predicted molar refractivity (Wildman–Crippen MR) is 61.5 cm³/mol. The molecule has 0 spiro atoms. The third-order valence-electron chi connectivity index (χ3n) is 2.38. The Morgan fingerprint density at radius 2 is 2.00 bits per heavy atom. The maximum absolute atomic E-state index is 12.5. The van der Waals surface area contributed by atoms with Gasteiger partial charge in [0.25, 0.3) is 0 Å². The highest BCUT2D eigenvalue weighted by Gasteiger charge is 2.31. The summed E-state index contributed by atoms with van der Waals surface area (Å²) in [4.78, 5) is 14.9. The van der Waals surface area contributed by atoms with Crippen LogP contribution in [0.5, 0.6) is 0 Å². The Labute approximate surface area is 102 Å². The minimum absolute atomic E-state index is 0.0369. The first-order valence-electron chi connectivity index (χ1n) is 5.24. The van der Waals surface area contributed by atoms with Crippen molar-refractivity contribution in [3.05, 3.63) is 29.3 Å². The van der Waals surface area contributed by atoms with E-state index in [2.05, 4.69) is 4.99 Å². The van der Waals surface area contributed by atoms with Crippen LogP contribution in [-0.4, -0.2) is 16.8 Å². The first-order chi connectivity index (χ1) is 8.25. The highest BCUT2D eigenvalue weighted by molar-refractivity contribution is 5.96. The average Bonchev–Trinajstić information content (AvgIpc) is 2.27. The van der Waals surface area contributed by atoms with Gasteiger partial charge in [-0.15, -0.1) is 0 Å². The topological polar surface area (TPSA) is 49.7 Å². The van der Waals surface area contributed by atoms with Crippen LogP contribution in [0.4, 0.5) is 18.9 Å². The van der Waals surface area contributed by atoms with E-state index >= 15 is 0 Å². The molecule has 0 aliphatic carbocycles. The lowest BCUT2D eigenvalue weighted by Gasteiger charge is -2.09. The Morgan fingerprint density at radius 1 is 1.39 bits per heavy atom. The van der Waals surface area contributed by atoms with Crippen LogP contribution in [-0.2, 0) is 6.18 Å². The third-order valence-corrected chi connectivity index (χ3v) is 2.38. The standard InChI is InChI=1S/C12H12F3NO2/c1-3-7(2)16-10-5-4-8(12(13,14)15)6-9(10)11(17)18/h4-6H,3H2,1-2H3,(H,17,18). The average molecular weight is 259 g/mol.